The number of hydrogen-bond acceptors (Lipinski definition) is 6. The van der Waals surface area contributed by atoms with Crippen LogP contribution >= 0.6 is 0 Å². The summed E-state index contributed by atoms with van der Waals surface area (Å²) < 4.78 is 27.7. The molecule has 3 aliphatic heterocycles. The van der Waals surface area contributed by atoms with Gasteiger partial charge >= 0.3 is 0 Å². The molecule has 3 saturated heterocycles. The monoisotopic (exact) mass is 258 g/mol. The van der Waals surface area contributed by atoms with Crippen LogP contribution in [0.25, 0.3) is 0 Å². The number of Topliss-reactive ketones (excluding diaryl/α,β-unsaturated/α-hetero) is 1. The number of carbonyl (C=O) groups is 1. The molecule has 0 spiro atoms. The molecule has 0 N–H and O–H groups in total. The molecule has 3 heterocycles. The van der Waals surface area contributed by atoms with Gasteiger partial charge in [-0.3, -0.25) is 4.79 Å². The second-order valence-corrected chi connectivity index (χ2v) is 5.75. The van der Waals surface area contributed by atoms with E-state index in [0.29, 0.717) is 6.61 Å². The SMILES string of the molecule is CC1(C)OCC([C@H]2O[C@@H]3OC(C)(C)OC3C2=O)O1. The lowest BCUT2D eigenvalue weighted by molar-refractivity contribution is -0.219. The van der Waals surface area contributed by atoms with Crippen LogP contribution < -0.4 is 0 Å². The molecular formula is C12H18O6. The normalized spacial score (nSPS) is 45.4. The van der Waals surface area contributed by atoms with Gasteiger partial charge in [0.2, 0.25) is 0 Å². The highest BCUT2D eigenvalue weighted by Crippen LogP contribution is 2.38. The Balaban J connectivity index is 1.70. The Kier molecular flexibility index (Phi) is 2.60. The molecule has 4 atom stereocenters. The maximum Gasteiger partial charge on any atom is 0.198 e. The fourth-order valence-corrected chi connectivity index (χ4v) is 2.53. The molecule has 3 fully saturated rings. The molecule has 3 aliphatic rings. The highest BCUT2D eigenvalue weighted by Gasteiger charge is 2.57. The Morgan fingerprint density at radius 3 is 2.28 bits per heavy atom. The minimum atomic E-state index is -0.776. The first-order valence-corrected chi connectivity index (χ1v) is 6.14. The Hall–Kier alpha value is -0.530. The third-order valence-electron chi connectivity index (χ3n) is 3.27. The molecular weight excluding hydrogens is 240 g/mol. The Morgan fingerprint density at radius 2 is 1.72 bits per heavy atom. The summed E-state index contributed by atoms with van der Waals surface area (Å²) in [5.41, 5.74) is 0. The molecule has 18 heavy (non-hydrogen) atoms. The van der Waals surface area contributed by atoms with Crippen LogP contribution in [0.15, 0.2) is 0 Å². The largest absolute Gasteiger partial charge is 0.348 e. The van der Waals surface area contributed by atoms with E-state index in [9.17, 15) is 4.79 Å². The van der Waals surface area contributed by atoms with Gasteiger partial charge < -0.3 is 23.7 Å². The van der Waals surface area contributed by atoms with Gasteiger partial charge in [-0.25, -0.2) is 0 Å². The van der Waals surface area contributed by atoms with E-state index in [1.54, 1.807) is 13.8 Å². The Labute approximate surface area is 105 Å². The van der Waals surface area contributed by atoms with E-state index in [0.717, 1.165) is 0 Å². The van der Waals surface area contributed by atoms with Crippen LogP contribution in [0.1, 0.15) is 27.7 Å². The maximum absolute atomic E-state index is 12.2. The maximum atomic E-state index is 12.2. The topological polar surface area (TPSA) is 63.2 Å². The lowest BCUT2D eigenvalue weighted by Crippen LogP contribution is -2.39. The molecule has 0 bridgehead atoms. The lowest BCUT2D eigenvalue weighted by atomic mass is 10.1. The highest BCUT2D eigenvalue weighted by atomic mass is 16.8. The van der Waals surface area contributed by atoms with Crippen LogP contribution in [-0.2, 0) is 28.5 Å². The van der Waals surface area contributed by atoms with Crippen LogP contribution in [0.3, 0.4) is 0 Å². The van der Waals surface area contributed by atoms with Crippen molar-refractivity contribution in [3.8, 4) is 0 Å². The van der Waals surface area contributed by atoms with Crippen molar-refractivity contribution in [3.63, 3.8) is 0 Å². The van der Waals surface area contributed by atoms with Crippen molar-refractivity contribution >= 4 is 5.78 Å². The van der Waals surface area contributed by atoms with Crippen LogP contribution in [0.5, 0.6) is 0 Å². The van der Waals surface area contributed by atoms with Gasteiger partial charge in [0.15, 0.2) is 35.9 Å². The van der Waals surface area contributed by atoms with Crippen molar-refractivity contribution in [1.82, 2.24) is 0 Å². The molecule has 6 heteroatoms. The molecule has 0 aliphatic carbocycles. The Bertz CT molecular complexity index is 377. The molecule has 6 nitrogen and oxygen atoms in total. The van der Waals surface area contributed by atoms with Crippen LogP contribution in [0.2, 0.25) is 0 Å². The zero-order valence-electron chi connectivity index (χ0n) is 11.0. The van der Waals surface area contributed by atoms with Crippen LogP contribution in [0.4, 0.5) is 0 Å². The third-order valence-corrected chi connectivity index (χ3v) is 3.27. The number of carbonyl (C=O) groups excluding carboxylic acids is 1. The predicted octanol–water partition coefficient (Wildman–Crippen LogP) is 0.583. The van der Waals surface area contributed by atoms with Crippen LogP contribution in [-0.4, -0.2) is 48.6 Å². The zero-order valence-corrected chi connectivity index (χ0v) is 11.0. The first kappa shape index (κ1) is 12.5. The second-order valence-electron chi connectivity index (χ2n) is 5.75. The van der Waals surface area contributed by atoms with E-state index in [1.807, 2.05) is 13.8 Å². The fourth-order valence-electron chi connectivity index (χ4n) is 2.53. The summed E-state index contributed by atoms with van der Waals surface area (Å²) in [6.07, 6.45) is -2.35. The molecule has 0 aromatic rings. The second kappa shape index (κ2) is 3.74. The van der Waals surface area contributed by atoms with Crippen molar-refractivity contribution in [2.24, 2.45) is 0 Å². The number of ether oxygens (including phenoxy) is 5. The number of rotatable bonds is 1. The summed E-state index contributed by atoms with van der Waals surface area (Å²) in [5.74, 6) is -1.58. The average molecular weight is 258 g/mol. The van der Waals surface area contributed by atoms with Gasteiger partial charge in [0.25, 0.3) is 0 Å². The number of ketones is 1. The van der Waals surface area contributed by atoms with Gasteiger partial charge in [0.1, 0.15) is 6.10 Å². The predicted molar refractivity (Wildman–Crippen MR) is 58.6 cm³/mol. The van der Waals surface area contributed by atoms with E-state index < -0.39 is 36.2 Å². The van der Waals surface area contributed by atoms with Gasteiger partial charge in [-0.15, -0.1) is 0 Å². The van der Waals surface area contributed by atoms with Crippen molar-refractivity contribution in [1.29, 1.82) is 0 Å². The fraction of sp³-hybridized carbons (Fsp3) is 0.917. The Morgan fingerprint density at radius 1 is 1.00 bits per heavy atom. The highest BCUT2D eigenvalue weighted by molar-refractivity contribution is 5.90. The summed E-state index contributed by atoms with van der Waals surface area (Å²) in [4.78, 5) is 12.2. The van der Waals surface area contributed by atoms with Crippen molar-refractivity contribution in [2.75, 3.05) is 6.61 Å². The molecule has 0 aromatic heterocycles. The first-order chi connectivity index (χ1) is 8.27. The van der Waals surface area contributed by atoms with Gasteiger partial charge in [-0.2, -0.15) is 0 Å². The summed E-state index contributed by atoms with van der Waals surface area (Å²) in [7, 11) is 0. The molecule has 3 rings (SSSR count). The van der Waals surface area contributed by atoms with Gasteiger partial charge in [0, 0.05) is 0 Å². The van der Waals surface area contributed by atoms with Gasteiger partial charge in [-0.1, -0.05) is 0 Å². The lowest BCUT2D eigenvalue weighted by Gasteiger charge is -2.23. The number of fused-ring (bicyclic) bond motifs is 1. The van der Waals surface area contributed by atoms with Crippen molar-refractivity contribution < 1.29 is 28.5 Å². The first-order valence-electron chi connectivity index (χ1n) is 6.14. The van der Waals surface area contributed by atoms with E-state index in [1.165, 1.54) is 0 Å². The minimum Gasteiger partial charge on any atom is -0.348 e. The summed E-state index contributed by atoms with van der Waals surface area (Å²) in [6.45, 7) is 7.48. The van der Waals surface area contributed by atoms with E-state index >= 15 is 0 Å². The van der Waals surface area contributed by atoms with Crippen LogP contribution in [0, 0.1) is 0 Å². The van der Waals surface area contributed by atoms with E-state index in [2.05, 4.69) is 0 Å². The third kappa shape index (κ3) is 1.98. The molecule has 0 aromatic carbocycles. The minimum absolute atomic E-state index is 0.128. The molecule has 0 amide bonds. The van der Waals surface area contributed by atoms with Gasteiger partial charge in [-0.05, 0) is 27.7 Å². The van der Waals surface area contributed by atoms with E-state index in [-0.39, 0.29) is 5.78 Å². The number of hydrogen-bond donors (Lipinski definition) is 0. The quantitative estimate of drug-likeness (QED) is 0.685. The molecule has 0 radical (unpaired) electrons. The molecule has 2 unspecified atom stereocenters. The zero-order chi connectivity index (χ0) is 13.1. The molecule has 102 valence electrons. The summed E-state index contributed by atoms with van der Waals surface area (Å²) in [6, 6.07) is 0. The van der Waals surface area contributed by atoms with E-state index in [4.69, 9.17) is 23.7 Å². The average Bonchev–Trinajstić information content (AvgIpc) is 2.81. The summed E-state index contributed by atoms with van der Waals surface area (Å²) >= 11 is 0. The van der Waals surface area contributed by atoms with Crippen molar-refractivity contribution in [2.45, 2.75) is 63.9 Å². The van der Waals surface area contributed by atoms with Gasteiger partial charge in [0.05, 0.1) is 6.61 Å². The smallest absolute Gasteiger partial charge is 0.198 e. The molecule has 0 saturated carbocycles. The standard InChI is InChI=1S/C12H18O6/c1-11(2)14-5-6(16-11)8-7(13)9-10(15-8)18-12(3,4)17-9/h6,8-10H,5H2,1-4H3/t6?,8-,9?,10-/m1/s1. The van der Waals surface area contributed by atoms with Crippen molar-refractivity contribution in [3.05, 3.63) is 0 Å². The summed E-state index contributed by atoms with van der Waals surface area (Å²) in [5, 5.41) is 0.